The number of hydrogen-bond acceptors (Lipinski definition) is 6. The number of amides is 1. The number of hydrogen-bond donors (Lipinski definition) is 2. The number of nitro groups is 1. The molecule has 0 spiro atoms. The summed E-state index contributed by atoms with van der Waals surface area (Å²) in [4.78, 5) is 21.5. The van der Waals surface area contributed by atoms with Gasteiger partial charge in [0.1, 0.15) is 10.7 Å². The molecule has 0 unspecified atom stereocenters. The zero-order chi connectivity index (χ0) is 15.4. The SMILES string of the molecule is O=C(N/N=C/c1ccc([N+](=O)[O-])o1)c1cc(Cl)ccc1O. The number of hydrazone groups is 1. The maximum absolute atomic E-state index is 11.7. The molecule has 1 aromatic heterocycles. The van der Waals surface area contributed by atoms with Gasteiger partial charge in [0.15, 0.2) is 5.76 Å². The maximum atomic E-state index is 11.7. The number of halogens is 1. The van der Waals surface area contributed by atoms with Crippen LogP contribution in [0.3, 0.4) is 0 Å². The quantitative estimate of drug-likeness (QED) is 0.510. The van der Waals surface area contributed by atoms with Crippen LogP contribution in [-0.4, -0.2) is 22.2 Å². The summed E-state index contributed by atoms with van der Waals surface area (Å²) < 4.78 is 4.81. The highest BCUT2D eigenvalue weighted by atomic mass is 35.5. The van der Waals surface area contributed by atoms with E-state index in [2.05, 4.69) is 10.5 Å². The lowest BCUT2D eigenvalue weighted by molar-refractivity contribution is -0.402. The van der Waals surface area contributed by atoms with Crippen molar-refractivity contribution >= 4 is 29.6 Å². The molecular formula is C12H8ClN3O5. The van der Waals surface area contributed by atoms with Crippen LogP contribution in [0.2, 0.25) is 5.02 Å². The van der Waals surface area contributed by atoms with Crippen LogP contribution in [0.25, 0.3) is 0 Å². The highest BCUT2D eigenvalue weighted by Crippen LogP contribution is 2.21. The first kappa shape index (κ1) is 14.5. The number of furan rings is 1. The minimum Gasteiger partial charge on any atom is -0.507 e. The van der Waals surface area contributed by atoms with Crippen molar-refractivity contribution in [3.63, 3.8) is 0 Å². The zero-order valence-corrected chi connectivity index (χ0v) is 11.1. The molecule has 1 amide bonds. The van der Waals surface area contributed by atoms with Gasteiger partial charge < -0.3 is 9.52 Å². The van der Waals surface area contributed by atoms with Gasteiger partial charge in [0.05, 0.1) is 17.8 Å². The van der Waals surface area contributed by atoms with E-state index in [0.29, 0.717) is 0 Å². The van der Waals surface area contributed by atoms with Crippen molar-refractivity contribution in [2.45, 2.75) is 0 Å². The average Bonchev–Trinajstić information content (AvgIpc) is 2.90. The van der Waals surface area contributed by atoms with E-state index in [4.69, 9.17) is 16.0 Å². The average molecular weight is 310 g/mol. The Morgan fingerprint density at radius 2 is 2.19 bits per heavy atom. The smallest absolute Gasteiger partial charge is 0.433 e. The summed E-state index contributed by atoms with van der Waals surface area (Å²) in [5.74, 6) is -1.28. The van der Waals surface area contributed by atoms with Crippen molar-refractivity contribution in [3.05, 3.63) is 56.8 Å². The zero-order valence-electron chi connectivity index (χ0n) is 10.3. The number of aromatic hydroxyl groups is 1. The Morgan fingerprint density at radius 1 is 1.43 bits per heavy atom. The molecule has 0 radical (unpaired) electrons. The first-order chi connectivity index (χ1) is 9.97. The molecular weight excluding hydrogens is 302 g/mol. The summed E-state index contributed by atoms with van der Waals surface area (Å²) in [5, 5.41) is 23.8. The van der Waals surface area contributed by atoms with E-state index >= 15 is 0 Å². The van der Waals surface area contributed by atoms with Crippen LogP contribution in [0.15, 0.2) is 39.9 Å². The molecule has 0 bridgehead atoms. The Labute approximate surface area is 122 Å². The van der Waals surface area contributed by atoms with Crippen LogP contribution < -0.4 is 5.43 Å². The molecule has 1 heterocycles. The molecule has 108 valence electrons. The van der Waals surface area contributed by atoms with Crippen LogP contribution in [0.5, 0.6) is 5.75 Å². The molecule has 0 saturated carbocycles. The molecule has 9 heteroatoms. The van der Waals surface area contributed by atoms with Gasteiger partial charge in [-0.2, -0.15) is 5.10 Å². The van der Waals surface area contributed by atoms with E-state index in [-0.39, 0.29) is 22.1 Å². The van der Waals surface area contributed by atoms with Gasteiger partial charge in [0.25, 0.3) is 5.91 Å². The van der Waals surface area contributed by atoms with E-state index in [1.165, 1.54) is 24.3 Å². The van der Waals surface area contributed by atoms with E-state index in [0.717, 1.165) is 12.3 Å². The third-order valence-electron chi connectivity index (χ3n) is 2.35. The number of phenols is 1. The van der Waals surface area contributed by atoms with Gasteiger partial charge in [-0.05, 0) is 24.3 Å². The number of rotatable bonds is 4. The van der Waals surface area contributed by atoms with Gasteiger partial charge in [0, 0.05) is 5.02 Å². The minimum atomic E-state index is -0.695. The molecule has 0 saturated heterocycles. The number of carbonyl (C=O) groups is 1. The van der Waals surface area contributed by atoms with Crippen molar-refractivity contribution in [3.8, 4) is 5.75 Å². The number of nitrogens with zero attached hydrogens (tertiary/aromatic N) is 2. The highest BCUT2D eigenvalue weighted by molar-refractivity contribution is 6.31. The molecule has 0 aliphatic rings. The van der Waals surface area contributed by atoms with E-state index in [9.17, 15) is 20.0 Å². The summed E-state index contributed by atoms with van der Waals surface area (Å²) in [7, 11) is 0. The van der Waals surface area contributed by atoms with Crippen molar-refractivity contribution < 1.29 is 19.2 Å². The van der Waals surface area contributed by atoms with Crippen molar-refractivity contribution in [2.75, 3.05) is 0 Å². The predicted molar refractivity (Wildman–Crippen MR) is 73.5 cm³/mol. The molecule has 0 aliphatic carbocycles. The van der Waals surface area contributed by atoms with Crippen molar-refractivity contribution in [2.24, 2.45) is 5.10 Å². The Bertz CT molecular complexity index is 725. The molecule has 0 atom stereocenters. The first-order valence-electron chi connectivity index (χ1n) is 5.53. The molecule has 2 rings (SSSR count). The Morgan fingerprint density at radius 3 is 2.86 bits per heavy atom. The third kappa shape index (κ3) is 3.57. The molecule has 0 aliphatic heterocycles. The lowest BCUT2D eigenvalue weighted by Crippen LogP contribution is -2.17. The van der Waals surface area contributed by atoms with Crippen LogP contribution in [0, 0.1) is 10.1 Å². The van der Waals surface area contributed by atoms with Gasteiger partial charge in [-0.15, -0.1) is 0 Å². The number of phenolic OH excluding ortho intramolecular Hbond substituents is 1. The molecule has 8 nitrogen and oxygen atoms in total. The summed E-state index contributed by atoms with van der Waals surface area (Å²) in [6.45, 7) is 0. The Kier molecular flexibility index (Phi) is 4.19. The molecule has 0 fully saturated rings. The highest BCUT2D eigenvalue weighted by Gasteiger charge is 2.12. The van der Waals surface area contributed by atoms with Gasteiger partial charge in [0.2, 0.25) is 0 Å². The first-order valence-corrected chi connectivity index (χ1v) is 5.91. The standard InChI is InChI=1S/C12H8ClN3O5/c13-7-1-3-10(17)9(5-7)12(18)15-14-6-8-2-4-11(21-8)16(19)20/h1-6,17H,(H,15,18)/b14-6+. The van der Waals surface area contributed by atoms with Crippen LogP contribution >= 0.6 is 11.6 Å². The summed E-state index contributed by atoms with van der Waals surface area (Å²) in [6, 6.07) is 6.46. The fraction of sp³-hybridized carbons (Fsp3) is 0. The summed E-state index contributed by atoms with van der Waals surface area (Å²) >= 11 is 5.71. The fourth-order valence-corrected chi connectivity index (χ4v) is 1.59. The number of benzene rings is 1. The number of carbonyl (C=O) groups excluding carboxylic acids is 1. The van der Waals surface area contributed by atoms with E-state index in [1.807, 2.05) is 0 Å². The van der Waals surface area contributed by atoms with Crippen LogP contribution in [0.1, 0.15) is 16.1 Å². The maximum Gasteiger partial charge on any atom is 0.433 e. The van der Waals surface area contributed by atoms with Crippen molar-refractivity contribution in [1.82, 2.24) is 5.43 Å². The van der Waals surface area contributed by atoms with Crippen LogP contribution in [0.4, 0.5) is 5.88 Å². The summed E-state index contributed by atoms with van der Waals surface area (Å²) in [5.41, 5.74) is 2.09. The van der Waals surface area contributed by atoms with Gasteiger partial charge in [-0.1, -0.05) is 11.6 Å². The lowest BCUT2D eigenvalue weighted by Gasteiger charge is -2.02. The molecule has 2 N–H and O–H groups in total. The Hall–Kier alpha value is -2.87. The molecule has 2 aromatic rings. The second-order valence-electron chi connectivity index (χ2n) is 3.79. The Balaban J connectivity index is 2.04. The topological polar surface area (TPSA) is 118 Å². The predicted octanol–water partition coefficient (Wildman–Crippen LogP) is 2.31. The van der Waals surface area contributed by atoms with E-state index < -0.39 is 16.7 Å². The van der Waals surface area contributed by atoms with Crippen LogP contribution in [-0.2, 0) is 0 Å². The van der Waals surface area contributed by atoms with Gasteiger partial charge in [-0.3, -0.25) is 14.9 Å². The second kappa shape index (κ2) is 6.06. The van der Waals surface area contributed by atoms with Gasteiger partial charge >= 0.3 is 5.88 Å². The largest absolute Gasteiger partial charge is 0.507 e. The van der Waals surface area contributed by atoms with Gasteiger partial charge in [-0.25, -0.2) is 5.43 Å². The molecule has 1 aromatic carbocycles. The molecule has 21 heavy (non-hydrogen) atoms. The van der Waals surface area contributed by atoms with Crippen molar-refractivity contribution in [1.29, 1.82) is 0 Å². The second-order valence-corrected chi connectivity index (χ2v) is 4.23. The summed E-state index contributed by atoms with van der Waals surface area (Å²) in [6.07, 6.45) is 1.09. The minimum absolute atomic E-state index is 0.0509. The normalized spacial score (nSPS) is 10.7. The fourth-order valence-electron chi connectivity index (χ4n) is 1.41. The lowest BCUT2D eigenvalue weighted by atomic mass is 10.2. The monoisotopic (exact) mass is 309 g/mol. The van der Waals surface area contributed by atoms with E-state index in [1.54, 1.807) is 0 Å². The number of nitrogens with one attached hydrogen (secondary N) is 1. The third-order valence-corrected chi connectivity index (χ3v) is 2.59.